The molecule has 2 aliphatic heterocycles. The van der Waals surface area contributed by atoms with E-state index in [9.17, 15) is 24.3 Å². The summed E-state index contributed by atoms with van der Waals surface area (Å²) in [5.74, 6) is -1.41. The fourth-order valence-corrected chi connectivity index (χ4v) is 5.80. The summed E-state index contributed by atoms with van der Waals surface area (Å²) >= 11 is 3.46. The highest BCUT2D eigenvalue weighted by molar-refractivity contribution is 9.10. The molecule has 0 fully saturated rings. The Bertz CT molecular complexity index is 1470. The van der Waals surface area contributed by atoms with Gasteiger partial charge in [0.15, 0.2) is 0 Å². The molecule has 0 unspecified atom stereocenters. The van der Waals surface area contributed by atoms with E-state index in [4.69, 9.17) is 4.74 Å². The molecular formula is C37H52BrN5O6. The minimum atomic E-state index is -1.86. The standard InChI is InChI=1S/C37H52BrN5O6/c1-35(2,3)29-31(44)39-21-9-8-11-25-12-14-26(15-13-25)23-37(48,33(46)40-29)20-10-22-43(24-27-16-18-28(38)19-17-27)42-32(45)30(36(4,5)6)41-34(47)49-7/h8-9,12-19,29-30,48H,10-11,20-24H2,1-7H3,(H,39,44)(H,40,46)(H,41,47)(H,42,45)/b9-8-/t29-,30-,37-/m1/s1. The van der Waals surface area contributed by atoms with Gasteiger partial charge in [0, 0.05) is 30.5 Å². The minimum absolute atomic E-state index is 0.0294. The number of aliphatic hydroxyl groups is 1. The number of methoxy groups -OCH3 is 1. The summed E-state index contributed by atoms with van der Waals surface area (Å²) < 4.78 is 5.67. The average molecular weight is 743 g/mol. The second-order valence-corrected chi connectivity index (χ2v) is 15.7. The average Bonchev–Trinajstić information content (AvgIpc) is 3.02. The van der Waals surface area contributed by atoms with Crippen LogP contribution >= 0.6 is 15.9 Å². The van der Waals surface area contributed by atoms with Crippen LogP contribution in [0.25, 0.3) is 0 Å². The minimum Gasteiger partial charge on any atom is -0.453 e. The number of nitrogens with zero attached hydrogens (tertiary/aromatic N) is 1. The van der Waals surface area contributed by atoms with E-state index >= 15 is 0 Å². The highest BCUT2D eigenvalue weighted by atomic mass is 79.9. The van der Waals surface area contributed by atoms with E-state index in [1.165, 1.54) is 7.11 Å². The largest absolute Gasteiger partial charge is 0.453 e. The number of hydrogen-bond donors (Lipinski definition) is 5. The van der Waals surface area contributed by atoms with Crippen molar-refractivity contribution in [2.24, 2.45) is 10.8 Å². The molecule has 0 spiro atoms. The first-order valence-corrected chi connectivity index (χ1v) is 17.4. The maximum absolute atomic E-state index is 14.0. The molecule has 268 valence electrons. The van der Waals surface area contributed by atoms with Crippen molar-refractivity contribution >= 4 is 39.7 Å². The van der Waals surface area contributed by atoms with E-state index < -0.39 is 46.4 Å². The molecule has 3 atom stereocenters. The third-order valence-corrected chi connectivity index (χ3v) is 8.94. The van der Waals surface area contributed by atoms with E-state index in [-0.39, 0.29) is 25.3 Å². The van der Waals surface area contributed by atoms with Gasteiger partial charge in [0.1, 0.15) is 17.7 Å². The van der Waals surface area contributed by atoms with Gasteiger partial charge in [0.05, 0.1) is 7.11 Å². The zero-order valence-electron chi connectivity index (χ0n) is 29.7. The molecule has 0 saturated carbocycles. The Labute approximate surface area is 298 Å². The van der Waals surface area contributed by atoms with Crippen LogP contribution in [0.4, 0.5) is 4.79 Å². The summed E-state index contributed by atoms with van der Waals surface area (Å²) in [5.41, 5.74) is 2.57. The van der Waals surface area contributed by atoms with Crippen LogP contribution in [0.15, 0.2) is 65.2 Å². The van der Waals surface area contributed by atoms with Crippen molar-refractivity contribution in [1.82, 2.24) is 26.4 Å². The molecule has 0 radical (unpaired) electrons. The fraction of sp³-hybridized carbons (Fsp3) is 0.514. The first-order chi connectivity index (χ1) is 22.9. The van der Waals surface area contributed by atoms with Crippen LogP contribution in [-0.2, 0) is 38.5 Å². The fourth-order valence-electron chi connectivity index (χ4n) is 5.54. The Hall–Kier alpha value is -3.74. The van der Waals surface area contributed by atoms with Crippen LogP contribution in [0.2, 0.25) is 0 Å². The quantitative estimate of drug-likeness (QED) is 0.187. The predicted molar refractivity (Wildman–Crippen MR) is 193 cm³/mol. The normalized spacial score (nSPS) is 20.3. The van der Waals surface area contributed by atoms with Crippen LogP contribution in [0, 0.1) is 10.8 Å². The number of amides is 4. The van der Waals surface area contributed by atoms with Gasteiger partial charge in [0.2, 0.25) is 5.91 Å². The molecule has 2 aromatic rings. The number of rotatable bonds is 9. The van der Waals surface area contributed by atoms with Crippen molar-refractivity contribution in [3.63, 3.8) is 0 Å². The van der Waals surface area contributed by atoms with Crippen molar-refractivity contribution in [3.8, 4) is 0 Å². The lowest BCUT2D eigenvalue weighted by molar-refractivity contribution is -0.145. The van der Waals surface area contributed by atoms with Gasteiger partial charge in [-0.25, -0.2) is 9.80 Å². The summed E-state index contributed by atoms with van der Waals surface area (Å²) in [4.78, 5) is 53.0. The van der Waals surface area contributed by atoms with Crippen molar-refractivity contribution in [2.75, 3.05) is 20.2 Å². The Kier molecular flexibility index (Phi) is 14.0. The second-order valence-electron chi connectivity index (χ2n) is 14.8. The first kappa shape index (κ1) is 39.7. The third-order valence-electron chi connectivity index (χ3n) is 8.41. The van der Waals surface area contributed by atoms with E-state index in [1.54, 1.807) is 5.01 Å². The van der Waals surface area contributed by atoms with Crippen molar-refractivity contribution in [2.45, 2.75) is 91.5 Å². The number of carbonyl (C=O) groups excluding carboxylic acids is 4. The summed E-state index contributed by atoms with van der Waals surface area (Å²) in [6.07, 6.45) is 4.21. The molecule has 12 heteroatoms. The Morgan fingerprint density at radius 2 is 1.65 bits per heavy atom. The summed E-state index contributed by atoms with van der Waals surface area (Å²) in [5, 5.41) is 22.2. The van der Waals surface area contributed by atoms with Gasteiger partial charge in [-0.15, -0.1) is 0 Å². The van der Waals surface area contributed by atoms with Gasteiger partial charge >= 0.3 is 6.09 Å². The monoisotopic (exact) mass is 741 g/mol. The van der Waals surface area contributed by atoms with Crippen LogP contribution in [0.1, 0.15) is 71.1 Å². The van der Waals surface area contributed by atoms with Gasteiger partial charge in [-0.2, -0.15) is 0 Å². The number of fused-ring (bicyclic) bond motifs is 11. The van der Waals surface area contributed by atoms with Gasteiger partial charge in [-0.1, -0.05) is 106 Å². The van der Waals surface area contributed by atoms with E-state index in [1.807, 2.05) is 102 Å². The first-order valence-electron chi connectivity index (χ1n) is 16.6. The van der Waals surface area contributed by atoms with E-state index in [0.717, 1.165) is 21.2 Å². The number of alkyl carbamates (subject to hydrolysis) is 1. The lowest BCUT2D eigenvalue weighted by atomic mass is 9.83. The molecule has 5 N–H and O–H groups in total. The Morgan fingerprint density at radius 3 is 2.24 bits per heavy atom. The number of hydrazine groups is 1. The predicted octanol–water partition coefficient (Wildman–Crippen LogP) is 4.57. The molecule has 2 bridgehead atoms. The van der Waals surface area contributed by atoms with E-state index in [2.05, 4.69) is 37.3 Å². The molecule has 0 aromatic heterocycles. The van der Waals surface area contributed by atoms with Crippen LogP contribution in [0.5, 0.6) is 0 Å². The van der Waals surface area contributed by atoms with Crippen LogP contribution in [-0.4, -0.2) is 71.8 Å². The SMILES string of the molecule is COC(=O)N[C@H](C(=O)NN(CCC[C@@]1(O)Cc2ccc(cc2)C/C=C\CNC(=O)[C@H](C(C)(C)C)NC1=O)Cc1ccc(Br)cc1)C(C)(C)C. The number of nitrogens with one attached hydrogen (secondary N) is 4. The molecule has 11 nitrogen and oxygen atoms in total. The van der Waals surface area contributed by atoms with Crippen molar-refractivity contribution in [1.29, 1.82) is 0 Å². The number of halogens is 1. The summed E-state index contributed by atoms with van der Waals surface area (Å²) in [7, 11) is 1.24. The number of carbonyl (C=O) groups is 4. The smallest absolute Gasteiger partial charge is 0.407 e. The molecule has 2 heterocycles. The van der Waals surface area contributed by atoms with Crippen molar-refractivity contribution in [3.05, 3.63) is 81.8 Å². The third kappa shape index (κ3) is 12.3. The lowest BCUT2D eigenvalue weighted by Gasteiger charge is -2.35. The zero-order valence-corrected chi connectivity index (χ0v) is 31.3. The van der Waals surface area contributed by atoms with E-state index in [0.29, 0.717) is 25.9 Å². The summed E-state index contributed by atoms with van der Waals surface area (Å²) in [6, 6.07) is 13.6. The molecular weight excluding hydrogens is 690 g/mol. The van der Waals surface area contributed by atoms with Crippen LogP contribution in [0.3, 0.4) is 0 Å². The molecule has 0 aliphatic carbocycles. The molecule has 4 rings (SSSR count). The highest BCUT2D eigenvalue weighted by Gasteiger charge is 2.41. The van der Waals surface area contributed by atoms with Crippen molar-refractivity contribution < 1.29 is 29.0 Å². The number of benzene rings is 2. The molecule has 2 aromatic carbocycles. The molecule has 0 saturated heterocycles. The van der Waals surface area contributed by atoms with Crippen LogP contribution < -0.4 is 21.4 Å². The Balaban J connectivity index is 1.90. The van der Waals surface area contributed by atoms with Gasteiger partial charge in [0.25, 0.3) is 11.8 Å². The number of hydrogen-bond acceptors (Lipinski definition) is 7. The van der Waals surface area contributed by atoms with Gasteiger partial charge < -0.3 is 25.8 Å². The Morgan fingerprint density at radius 1 is 1.02 bits per heavy atom. The summed E-state index contributed by atoms with van der Waals surface area (Å²) in [6.45, 7) is 12.0. The second kappa shape index (κ2) is 17.3. The molecule has 4 amide bonds. The zero-order chi connectivity index (χ0) is 36.4. The molecule has 2 aliphatic rings. The maximum atomic E-state index is 14.0. The topological polar surface area (TPSA) is 149 Å². The molecule has 49 heavy (non-hydrogen) atoms. The van der Waals surface area contributed by atoms with Gasteiger partial charge in [-0.05, 0) is 58.9 Å². The van der Waals surface area contributed by atoms with Gasteiger partial charge in [-0.3, -0.25) is 19.8 Å². The number of allylic oxidation sites excluding steroid dienone is 1. The highest BCUT2D eigenvalue weighted by Crippen LogP contribution is 2.26. The number of ether oxygens (including phenoxy) is 1. The lowest BCUT2D eigenvalue weighted by Crippen LogP contribution is -2.59. The maximum Gasteiger partial charge on any atom is 0.407 e.